The number of amides is 1. The molecule has 2 rings (SSSR count). The van der Waals surface area contributed by atoms with Crippen LogP contribution in [-0.4, -0.2) is 41.0 Å². The Balaban J connectivity index is 0.00000220. The van der Waals surface area contributed by atoms with E-state index in [9.17, 15) is 14.0 Å². The molecule has 0 aromatic heterocycles. The van der Waals surface area contributed by atoms with Crippen molar-refractivity contribution in [1.29, 1.82) is 0 Å². The second-order valence-electron chi connectivity index (χ2n) is 4.94. The number of halogens is 2. The van der Waals surface area contributed by atoms with Crippen molar-refractivity contribution in [2.24, 2.45) is 0 Å². The Morgan fingerprint density at radius 3 is 2.67 bits per heavy atom. The molecule has 7 heteroatoms. The average molecular weight is 317 g/mol. The van der Waals surface area contributed by atoms with Gasteiger partial charge in [-0.05, 0) is 30.5 Å². The number of carbonyl (C=O) groups is 2. The smallest absolute Gasteiger partial charge is 0.322 e. The normalized spacial score (nSPS) is 13.6. The third-order valence-electron chi connectivity index (χ3n) is 3.12. The number of hydrogen-bond acceptors (Lipinski definition) is 3. The first kappa shape index (κ1) is 17.4. The van der Waals surface area contributed by atoms with E-state index in [4.69, 9.17) is 5.11 Å². The Labute approximate surface area is 128 Å². The number of hydrogen-bond donors (Lipinski definition) is 2. The number of carboxylic acid groups (broad SMARTS) is 1. The van der Waals surface area contributed by atoms with Crippen molar-refractivity contribution in [1.82, 2.24) is 10.2 Å². The lowest BCUT2D eigenvalue weighted by atomic mass is 10.2. The predicted molar refractivity (Wildman–Crippen MR) is 77.7 cm³/mol. The molecule has 1 aliphatic carbocycles. The molecule has 2 N–H and O–H groups in total. The van der Waals surface area contributed by atoms with Crippen molar-refractivity contribution in [3.05, 3.63) is 35.6 Å². The summed E-state index contributed by atoms with van der Waals surface area (Å²) in [5, 5.41) is 10.9. The molecule has 0 saturated heterocycles. The Morgan fingerprint density at radius 1 is 1.38 bits per heavy atom. The van der Waals surface area contributed by atoms with Crippen molar-refractivity contribution in [3.63, 3.8) is 0 Å². The van der Waals surface area contributed by atoms with Crippen molar-refractivity contribution >= 4 is 24.3 Å². The predicted octanol–water partition coefficient (Wildman–Crippen LogP) is 1.41. The van der Waals surface area contributed by atoms with Crippen LogP contribution >= 0.6 is 12.4 Å². The summed E-state index contributed by atoms with van der Waals surface area (Å²) < 4.78 is 13.1. The van der Waals surface area contributed by atoms with E-state index in [2.05, 4.69) is 5.32 Å². The summed E-state index contributed by atoms with van der Waals surface area (Å²) in [6.45, 7) is 0.245. The van der Waals surface area contributed by atoms with Gasteiger partial charge in [0.25, 0.3) is 0 Å². The van der Waals surface area contributed by atoms with Gasteiger partial charge in [-0.1, -0.05) is 12.1 Å². The van der Waals surface area contributed by atoms with E-state index in [1.54, 1.807) is 6.07 Å². The number of rotatable bonds is 7. The van der Waals surface area contributed by atoms with Crippen molar-refractivity contribution in [3.8, 4) is 0 Å². The van der Waals surface area contributed by atoms with E-state index in [1.807, 2.05) is 11.0 Å². The second-order valence-corrected chi connectivity index (χ2v) is 4.94. The van der Waals surface area contributed by atoms with Crippen LogP contribution in [0.5, 0.6) is 0 Å². The molecule has 1 fully saturated rings. The second kappa shape index (κ2) is 7.95. The number of benzene rings is 1. The lowest BCUT2D eigenvalue weighted by Crippen LogP contribution is -2.40. The molecule has 116 valence electrons. The van der Waals surface area contributed by atoms with Crippen LogP contribution in [0.3, 0.4) is 0 Å². The van der Waals surface area contributed by atoms with Crippen molar-refractivity contribution in [2.75, 3.05) is 13.1 Å². The molecule has 5 nitrogen and oxygen atoms in total. The molecule has 0 bridgehead atoms. The molecule has 1 aliphatic rings. The maximum atomic E-state index is 13.1. The summed E-state index contributed by atoms with van der Waals surface area (Å²) in [6.07, 6.45) is 2.03. The molecule has 1 aromatic carbocycles. The maximum absolute atomic E-state index is 13.1. The van der Waals surface area contributed by atoms with E-state index in [-0.39, 0.29) is 37.2 Å². The zero-order chi connectivity index (χ0) is 14.5. The lowest BCUT2D eigenvalue weighted by molar-refractivity contribution is -0.138. The highest BCUT2D eigenvalue weighted by Gasteiger charge is 2.30. The van der Waals surface area contributed by atoms with Crippen LogP contribution in [0.15, 0.2) is 24.3 Å². The quantitative estimate of drug-likeness (QED) is 0.798. The molecular formula is C14H18ClFN2O3. The van der Waals surface area contributed by atoms with Gasteiger partial charge in [0, 0.05) is 12.6 Å². The standard InChI is InChI=1S/C14H17FN2O3.ClH/c15-11-3-1-2-10(6-11)8-17(12-4-5-12)9-13(18)16-7-14(19)20;/h1-3,6,12H,4-5,7-9H2,(H,16,18)(H,19,20);1H. The first-order valence-electron chi connectivity index (χ1n) is 6.51. The molecule has 1 amide bonds. The first-order chi connectivity index (χ1) is 9.54. The SMILES string of the molecule is Cl.O=C(O)CNC(=O)CN(Cc1cccc(F)c1)C1CC1. The highest BCUT2D eigenvalue weighted by atomic mass is 35.5. The van der Waals surface area contributed by atoms with Crippen LogP contribution in [0.2, 0.25) is 0 Å². The van der Waals surface area contributed by atoms with Gasteiger partial charge in [-0.15, -0.1) is 12.4 Å². The fraction of sp³-hybridized carbons (Fsp3) is 0.429. The van der Waals surface area contributed by atoms with Crippen LogP contribution in [0.4, 0.5) is 4.39 Å². The van der Waals surface area contributed by atoms with E-state index in [0.29, 0.717) is 12.6 Å². The molecule has 1 aromatic rings. The largest absolute Gasteiger partial charge is 0.480 e. The van der Waals surface area contributed by atoms with Gasteiger partial charge in [0.2, 0.25) is 5.91 Å². The molecule has 1 saturated carbocycles. The van der Waals surface area contributed by atoms with Gasteiger partial charge < -0.3 is 10.4 Å². The Morgan fingerprint density at radius 2 is 2.10 bits per heavy atom. The van der Waals surface area contributed by atoms with Crippen LogP contribution in [-0.2, 0) is 16.1 Å². The van der Waals surface area contributed by atoms with Gasteiger partial charge in [-0.25, -0.2) is 4.39 Å². The van der Waals surface area contributed by atoms with Crippen LogP contribution in [0.25, 0.3) is 0 Å². The van der Waals surface area contributed by atoms with Crippen LogP contribution < -0.4 is 5.32 Å². The first-order valence-corrected chi connectivity index (χ1v) is 6.51. The third kappa shape index (κ3) is 6.10. The third-order valence-corrected chi connectivity index (χ3v) is 3.12. The van der Waals surface area contributed by atoms with E-state index in [0.717, 1.165) is 18.4 Å². The Kier molecular flexibility index (Phi) is 6.58. The summed E-state index contributed by atoms with van der Waals surface area (Å²) in [5.41, 5.74) is 0.808. The Hall–Kier alpha value is -1.66. The molecule has 21 heavy (non-hydrogen) atoms. The summed E-state index contributed by atoms with van der Waals surface area (Å²) >= 11 is 0. The summed E-state index contributed by atoms with van der Waals surface area (Å²) in [7, 11) is 0. The van der Waals surface area contributed by atoms with E-state index >= 15 is 0 Å². The molecule has 0 unspecified atom stereocenters. The fourth-order valence-electron chi connectivity index (χ4n) is 2.04. The highest BCUT2D eigenvalue weighted by Crippen LogP contribution is 2.28. The summed E-state index contributed by atoms with van der Waals surface area (Å²) in [5.74, 6) is -1.69. The average Bonchev–Trinajstić information content (AvgIpc) is 3.20. The van der Waals surface area contributed by atoms with E-state index < -0.39 is 5.97 Å². The van der Waals surface area contributed by atoms with Gasteiger partial charge in [-0.3, -0.25) is 14.5 Å². The number of nitrogens with one attached hydrogen (secondary N) is 1. The minimum atomic E-state index is -1.07. The summed E-state index contributed by atoms with van der Waals surface area (Å²) in [6, 6.07) is 6.61. The monoisotopic (exact) mass is 316 g/mol. The zero-order valence-corrected chi connectivity index (χ0v) is 12.2. The van der Waals surface area contributed by atoms with Gasteiger partial charge in [0.15, 0.2) is 0 Å². The lowest BCUT2D eigenvalue weighted by Gasteiger charge is -2.21. The van der Waals surface area contributed by atoms with Gasteiger partial charge >= 0.3 is 5.97 Å². The minimum Gasteiger partial charge on any atom is -0.480 e. The highest BCUT2D eigenvalue weighted by molar-refractivity contribution is 5.85. The molecule has 0 aliphatic heterocycles. The van der Waals surface area contributed by atoms with E-state index in [1.165, 1.54) is 12.1 Å². The fourth-order valence-corrected chi connectivity index (χ4v) is 2.04. The molecule has 0 heterocycles. The molecular weight excluding hydrogens is 299 g/mol. The van der Waals surface area contributed by atoms with Gasteiger partial charge in [-0.2, -0.15) is 0 Å². The van der Waals surface area contributed by atoms with Crippen LogP contribution in [0, 0.1) is 5.82 Å². The topological polar surface area (TPSA) is 69.6 Å². The number of carboxylic acids is 1. The van der Waals surface area contributed by atoms with Crippen LogP contribution in [0.1, 0.15) is 18.4 Å². The molecule has 0 atom stereocenters. The maximum Gasteiger partial charge on any atom is 0.322 e. The molecule has 0 radical (unpaired) electrons. The summed E-state index contributed by atoms with van der Waals surface area (Å²) in [4.78, 5) is 24.0. The van der Waals surface area contributed by atoms with Crippen molar-refractivity contribution < 1.29 is 19.1 Å². The zero-order valence-electron chi connectivity index (χ0n) is 11.4. The van der Waals surface area contributed by atoms with Gasteiger partial charge in [0.05, 0.1) is 6.54 Å². The van der Waals surface area contributed by atoms with Crippen molar-refractivity contribution in [2.45, 2.75) is 25.4 Å². The van der Waals surface area contributed by atoms with Gasteiger partial charge in [0.1, 0.15) is 12.4 Å². The number of aliphatic carboxylic acids is 1. The number of carbonyl (C=O) groups excluding carboxylic acids is 1. The number of nitrogens with zero attached hydrogens (tertiary/aromatic N) is 1. The minimum absolute atomic E-state index is 0. The molecule has 0 spiro atoms. The Bertz CT molecular complexity index is 509.